The van der Waals surface area contributed by atoms with Crippen molar-refractivity contribution < 1.29 is 9.18 Å². The molecule has 0 saturated heterocycles. The van der Waals surface area contributed by atoms with E-state index in [1.54, 1.807) is 12.1 Å². The molecule has 1 aliphatic carbocycles. The number of anilines is 2. The maximum Gasteiger partial charge on any atom is 0.163 e. The molecule has 0 bridgehead atoms. The number of benzene rings is 3. The van der Waals surface area contributed by atoms with Crippen molar-refractivity contribution in [3.05, 3.63) is 106 Å². The second-order valence-electron chi connectivity index (χ2n) is 7.77. The molecule has 5 rings (SSSR count). The molecule has 2 atom stereocenters. The Kier molecular flexibility index (Phi) is 4.80. The molecule has 2 aliphatic rings. The summed E-state index contributed by atoms with van der Waals surface area (Å²) in [5.74, 6) is -0.114. The van der Waals surface area contributed by atoms with Crippen LogP contribution in [0.2, 0.25) is 5.02 Å². The lowest BCUT2D eigenvalue weighted by Crippen LogP contribution is -2.26. The molecule has 30 heavy (non-hydrogen) atoms. The molecule has 0 aromatic heterocycles. The van der Waals surface area contributed by atoms with Crippen molar-refractivity contribution in [1.29, 1.82) is 0 Å². The van der Waals surface area contributed by atoms with E-state index in [1.165, 1.54) is 12.1 Å². The first kappa shape index (κ1) is 18.9. The van der Waals surface area contributed by atoms with E-state index in [0.29, 0.717) is 11.4 Å². The number of rotatable bonds is 2. The maximum absolute atomic E-state index is 13.5. The maximum atomic E-state index is 13.5. The summed E-state index contributed by atoms with van der Waals surface area (Å²) in [6.07, 6.45) is 1.15. The Morgan fingerprint density at radius 1 is 0.833 bits per heavy atom. The van der Waals surface area contributed by atoms with Crippen LogP contribution in [0.1, 0.15) is 35.9 Å². The Morgan fingerprint density at radius 2 is 1.50 bits per heavy atom. The van der Waals surface area contributed by atoms with Gasteiger partial charge in [-0.05, 0) is 59.9 Å². The van der Waals surface area contributed by atoms with Gasteiger partial charge in [0.1, 0.15) is 5.82 Å². The number of carbonyl (C=O) groups excluding carboxylic acids is 1. The molecule has 2 N–H and O–H groups in total. The minimum Gasteiger partial charge on any atom is -0.372 e. The molecule has 3 aromatic rings. The van der Waals surface area contributed by atoms with Crippen LogP contribution >= 0.6 is 11.6 Å². The number of fused-ring (bicyclic) bond motifs is 1. The quantitative estimate of drug-likeness (QED) is 0.501. The average Bonchev–Trinajstić information content (AvgIpc) is 2.91. The van der Waals surface area contributed by atoms with Crippen molar-refractivity contribution in [2.24, 2.45) is 0 Å². The lowest BCUT2D eigenvalue weighted by atomic mass is 9.78. The second kappa shape index (κ2) is 7.62. The minimum absolute atomic E-state index is 0.0835. The molecule has 0 amide bonds. The second-order valence-corrected chi connectivity index (χ2v) is 8.21. The highest BCUT2D eigenvalue weighted by Crippen LogP contribution is 2.44. The van der Waals surface area contributed by atoms with Crippen LogP contribution in [-0.2, 0) is 4.79 Å². The van der Waals surface area contributed by atoms with Crippen LogP contribution in [0, 0.1) is 5.82 Å². The van der Waals surface area contributed by atoms with Crippen LogP contribution in [0.3, 0.4) is 0 Å². The first-order valence-electron chi connectivity index (χ1n) is 9.98. The zero-order valence-corrected chi connectivity index (χ0v) is 16.9. The van der Waals surface area contributed by atoms with Gasteiger partial charge in [0.2, 0.25) is 0 Å². The molecule has 5 heteroatoms. The summed E-state index contributed by atoms with van der Waals surface area (Å²) < 4.78 is 13.5. The molecular formula is C25H20ClFN2O. The van der Waals surface area contributed by atoms with Gasteiger partial charge >= 0.3 is 0 Å². The Morgan fingerprint density at radius 3 is 2.23 bits per heavy atom. The van der Waals surface area contributed by atoms with E-state index in [-0.39, 0.29) is 23.6 Å². The van der Waals surface area contributed by atoms with Gasteiger partial charge in [0.25, 0.3) is 0 Å². The molecule has 0 spiro atoms. The normalized spacial score (nSPS) is 20.5. The number of Topliss-reactive ketones (excluding diaryl/α,β-unsaturated/α-hetero) is 1. The molecule has 3 aromatic carbocycles. The summed E-state index contributed by atoms with van der Waals surface area (Å²) in [7, 11) is 0. The fraction of sp³-hybridized carbons (Fsp3) is 0.160. The third-order valence-electron chi connectivity index (χ3n) is 5.85. The fourth-order valence-electron chi connectivity index (χ4n) is 4.37. The number of ketones is 1. The van der Waals surface area contributed by atoms with Crippen molar-refractivity contribution in [3.63, 3.8) is 0 Å². The smallest absolute Gasteiger partial charge is 0.163 e. The summed E-state index contributed by atoms with van der Waals surface area (Å²) >= 11 is 6.04. The minimum atomic E-state index is -0.338. The molecular weight excluding hydrogens is 399 g/mol. The van der Waals surface area contributed by atoms with Crippen LogP contribution in [-0.4, -0.2) is 5.78 Å². The van der Waals surface area contributed by atoms with Crippen molar-refractivity contribution in [1.82, 2.24) is 0 Å². The zero-order chi connectivity index (χ0) is 20.7. The van der Waals surface area contributed by atoms with Gasteiger partial charge < -0.3 is 10.6 Å². The summed E-state index contributed by atoms with van der Waals surface area (Å²) in [6.45, 7) is 0. The van der Waals surface area contributed by atoms with Gasteiger partial charge in [-0.3, -0.25) is 4.79 Å². The molecule has 0 saturated carbocycles. The Balaban J connectivity index is 1.60. The van der Waals surface area contributed by atoms with E-state index < -0.39 is 0 Å². The number of carbonyl (C=O) groups is 1. The highest BCUT2D eigenvalue weighted by molar-refractivity contribution is 6.30. The van der Waals surface area contributed by atoms with Crippen molar-refractivity contribution >= 4 is 28.8 Å². The summed E-state index contributed by atoms with van der Waals surface area (Å²) in [5, 5.41) is 7.70. The zero-order valence-electron chi connectivity index (χ0n) is 16.2. The molecule has 0 fully saturated rings. The van der Waals surface area contributed by atoms with Crippen molar-refractivity contribution in [3.8, 4) is 0 Å². The van der Waals surface area contributed by atoms with E-state index in [4.69, 9.17) is 11.6 Å². The van der Waals surface area contributed by atoms with Gasteiger partial charge in [0, 0.05) is 22.7 Å². The number of para-hydroxylation sites is 2. The SMILES string of the molecule is O=C1C[C@H](c2ccc(Cl)cc2)CC2=C1[C@@H](c1ccc(F)cc1)Nc1ccccc1N2. The number of hydrogen-bond donors (Lipinski definition) is 2. The van der Waals surface area contributed by atoms with Crippen LogP contribution in [0.5, 0.6) is 0 Å². The number of hydrogen-bond acceptors (Lipinski definition) is 3. The predicted molar refractivity (Wildman–Crippen MR) is 118 cm³/mol. The average molecular weight is 419 g/mol. The standard InChI is InChI=1S/C25H20ClFN2O/c26-18-9-5-15(6-10-18)17-13-22-24(23(30)14-17)25(16-7-11-19(27)12-8-16)29-21-4-2-1-3-20(21)28-22/h1-12,17,25,28-29H,13-14H2/t17-,25-/m1/s1. The van der Waals surface area contributed by atoms with Crippen LogP contribution < -0.4 is 10.6 Å². The molecule has 1 heterocycles. The van der Waals surface area contributed by atoms with Gasteiger partial charge in [-0.15, -0.1) is 0 Å². The van der Waals surface area contributed by atoms with Gasteiger partial charge in [0.15, 0.2) is 5.78 Å². The van der Waals surface area contributed by atoms with Crippen LogP contribution in [0.4, 0.5) is 15.8 Å². The van der Waals surface area contributed by atoms with E-state index in [1.807, 2.05) is 48.5 Å². The van der Waals surface area contributed by atoms with Crippen LogP contribution in [0.25, 0.3) is 0 Å². The van der Waals surface area contributed by atoms with Gasteiger partial charge in [0.05, 0.1) is 17.4 Å². The lowest BCUT2D eigenvalue weighted by Gasteiger charge is -2.30. The molecule has 0 unspecified atom stereocenters. The Hall–Kier alpha value is -3.11. The highest BCUT2D eigenvalue weighted by Gasteiger charge is 2.36. The number of nitrogens with one attached hydrogen (secondary N) is 2. The van der Waals surface area contributed by atoms with Crippen molar-refractivity contribution in [2.75, 3.05) is 10.6 Å². The predicted octanol–water partition coefficient (Wildman–Crippen LogP) is 6.46. The number of halogens is 2. The van der Waals surface area contributed by atoms with E-state index in [2.05, 4.69) is 10.6 Å². The largest absolute Gasteiger partial charge is 0.372 e. The van der Waals surface area contributed by atoms with Gasteiger partial charge in [-0.25, -0.2) is 4.39 Å². The lowest BCUT2D eigenvalue weighted by molar-refractivity contribution is -0.116. The Labute approximate surface area is 179 Å². The van der Waals surface area contributed by atoms with Crippen LogP contribution in [0.15, 0.2) is 84.1 Å². The Bertz CT molecular complexity index is 1140. The molecule has 1 aliphatic heterocycles. The molecule has 0 radical (unpaired) electrons. The molecule has 150 valence electrons. The first-order valence-corrected chi connectivity index (χ1v) is 10.4. The summed E-state index contributed by atoms with van der Waals surface area (Å²) in [6, 6.07) is 21.6. The van der Waals surface area contributed by atoms with Gasteiger partial charge in [-0.2, -0.15) is 0 Å². The first-order chi connectivity index (χ1) is 14.6. The number of allylic oxidation sites excluding steroid dienone is 1. The van der Waals surface area contributed by atoms with E-state index in [0.717, 1.165) is 40.2 Å². The van der Waals surface area contributed by atoms with Gasteiger partial charge in [-0.1, -0.05) is 48.0 Å². The van der Waals surface area contributed by atoms with E-state index in [9.17, 15) is 9.18 Å². The van der Waals surface area contributed by atoms with E-state index >= 15 is 0 Å². The molecule has 3 nitrogen and oxygen atoms in total. The summed E-state index contributed by atoms with van der Waals surface area (Å²) in [4.78, 5) is 13.4. The fourth-order valence-corrected chi connectivity index (χ4v) is 4.49. The topological polar surface area (TPSA) is 41.1 Å². The van der Waals surface area contributed by atoms with Crippen molar-refractivity contribution in [2.45, 2.75) is 24.8 Å². The highest BCUT2D eigenvalue weighted by atomic mass is 35.5. The summed E-state index contributed by atoms with van der Waals surface area (Å²) in [5.41, 5.74) is 5.45. The third-order valence-corrected chi connectivity index (χ3v) is 6.11. The monoisotopic (exact) mass is 418 g/mol. The third kappa shape index (κ3) is 3.48.